The summed E-state index contributed by atoms with van der Waals surface area (Å²) in [6.45, 7) is 5.38. The molecule has 0 fully saturated rings. The molecule has 11 heteroatoms. The van der Waals surface area contributed by atoms with Crippen LogP contribution in [0.15, 0.2) is 52.7 Å². The maximum absolute atomic E-state index is 11.7. The number of nitro groups is 1. The molecule has 0 heterocycles. The lowest BCUT2D eigenvalue weighted by molar-refractivity contribution is -0.384. The van der Waals surface area contributed by atoms with E-state index in [9.17, 15) is 14.9 Å². The van der Waals surface area contributed by atoms with Gasteiger partial charge in [0.05, 0.1) is 28.6 Å². The number of nitrogens with two attached hydrogens (primary N) is 1. The van der Waals surface area contributed by atoms with Crippen molar-refractivity contribution in [3.05, 3.63) is 57.6 Å². The number of halogens is 1. The number of hydrogen-bond acceptors (Lipinski definition) is 9. The van der Waals surface area contributed by atoms with Crippen LogP contribution in [0.3, 0.4) is 0 Å². The highest BCUT2D eigenvalue weighted by molar-refractivity contribution is 6.33. The van der Waals surface area contributed by atoms with Crippen molar-refractivity contribution in [2.75, 3.05) is 44.2 Å². The highest BCUT2D eigenvalue weighted by Crippen LogP contribution is 2.30. The number of benzene rings is 2. The second-order valence-corrected chi connectivity index (χ2v) is 7.11. The van der Waals surface area contributed by atoms with Crippen LogP contribution in [0.4, 0.5) is 22.7 Å². The van der Waals surface area contributed by atoms with Crippen LogP contribution in [0.1, 0.15) is 13.3 Å². The Balaban J connectivity index is 1.88. The lowest BCUT2D eigenvalue weighted by Crippen LogP contribution is -2.29. The zero-order chi connectivity index (χ0) is 23.3. The molecule has 2 aromatic carbocycles. The third kappa shape index (κ3) is 8.22. The summed E-state index contributed by atoms with van der Waals surface area (Å²) in [5.41, 5.74) is 7.19. The van der Waals surface area contributed by atoms with E-state index in [1.54, 1.807) is 12.1 Å². The number of carbonyl (C=O) groups excluding carboxylic acids is 1. The van der Waals surface area contributed by atoms with Crippen LogP contribution in [0.2, 0.25) is 5.02 Å². The van der Waals surface area contributed by atoms with E-state index in [0.717, 1.165) is 12.2 Å². The number of rotatable bonds is 13. The normalized spacial score (nSPS) is 11.0. The van der Waals surface area contributed by atoms with Crippen LogP contribution in [0.5, 0.6) is 0 Å². The first kappa shape index (κ1) is 25.2. The van der Waals surface area contributed by atoms with Gasteiger partial charge in [0.15, 0.2) is 0 Å². The third-order valence-corrected chi connectivity index (χ3v) is 4.77. The Morgan fingerprint density at radius 2 is 1.97 bits per heavy atom. The van der Waals surface area contributed by atoms with Gasteiger partial charge in [-0.25, -0.2) is 0 Å². The molecule has 10 nitrogen and oxygen atoms in total. The van der Waals surface area contributed by atoms with E-state index in [1.807, 2.05) is 19.1 Å². The molecule has 2 aromatic rings. The summed E-state index contributed by atoms with van der Waals surface area (Å²) in [5.74, 6) is -0.244. The van der Waals surface area contributed by atoms with E-state index in [1.165, 1.54) is 18.2 Å². The molecule has 0 spiro atoms. The summed E-state index contributed by atoms with van der Waals surface area (Å²) >= 11 is 6.03. The molecule has 0 saturated carbocycles. The summed E-state index contributed by atoms with van der Waals surface area (Å²) in [5, 5.41) is 22.2. The average molecular weight is 463 g/mol. The van der Waals surface area contributed by atoms with Gasteiger partial charge in [0.25, 0.3) is 5.69 Å². The van der Waals surface area contributed by atoms with Gasteiger partial charge in [0, 0.05) is 44.0 Å². The first-order valence-electron chi connectivity index (χ1n) is 10.2. The second-order valence-electron chi connectivity index (χ2n) is 6.70. The molecule has 2 rings (SSSR count). The van der Waals surface area contributed by atoms with E-state index in [4.69, 9.17) is 22.1 Å². The molecule has 0 bridgehead atoms. The van der Waals surface area contributed by atoms with E-state index < -0.39 is 4.92 Å². The fraction of sp³-hybridized carbons (Fsp3) is 0.381. The molecule has 0 amide bonds. The standard InChI is InChI=1S/C21H27ClN6O4/c1-2-27(13-14-32-21(29)9-11-24-12-10-23)17-5-3-16(4-6-17)25-26-20-8-7-18(28(30)31)15-19(20)22/h3-8,15,24H,2,9-14,23H2,1H3. The van der Waals surface area contributed by atoms with E-state index in [0.29, 0.717) is 50.6 Å². The minimum atomic E-state index is -0.521. The minimum absolute atomic E-state index is 0.105. The van der Waals surface area contributed by atoms with Gasteiger partial charge in [-0.3, -0.25) is 14.9 Å². The Labute approximate surface area is 191 Å². The Hall–Kier alpha value is -3.08. The largest absolute Gasteiger partial charge is 0.464 e. The Bertz CT molecular complexity index is 923. The zero-order valence-corrected chi connectivity index (χ0v) is 18.6. The van der Waals surface area contributed by atoms with Gasteiger partial charge in [0.1, 0.15) is 12.3 Å². The van der Waals surface area contributed by atoms with Crippen LogP contribution in [-0.2, 0) is 9.53 Å². The predicted octanol–water partition coefficient (Wildman–Crippen LogP) is 3.97. The minimum Gasteiger partial charge on any atom is -0.464 e. The highest BCUT2D eigenvalue weighted by Gasteiger charge is 2.10. The first-order valence-corrected chi connectivity index (χ1v) is 10.6. The molecule has 32 heavy (non-hydrogen) atoms. The van der Waals surface area contributed by atoms with Crippen molar-refractivity contribution in [3.63, 3.8) is 0 Å². The summed E-state index contributed by atoms with van der Waals surface area (Å²) in [6, 6.07) is 11.4. The molecule has 0 aliphatic heterocycles. The Morgan fingerprint density at radius 3 is 2.59 bits per heavy atom. The number of azo groups is 1. The van der Waals surface area contributed by atoms with Crippen LogP contribution in [0, 0.1) is 10.1 Å². The van der Waals surface area contributed by atoms with Crippen LogP contribution in [0.25, 0.3) is 0 Å². The molecule has 0 aromatic heterocycles. The van der Waals surface area contributed by atoms with Crippen molar-refractivity contribution in [1.29, 1.82) is 0 Å². The molecule has 172 valence electrons. The molecule has 3 N–H and O–H groups in total. The van der Waals surface area contributed by atoms with Crippen LogP contribution >= 0.6 is 11.6 Å². The average Bonchev–Trinajstić information content (AvgIpc) is 2.79. The maximum Gasteiger partial charge on any atom is 0.307 e. The number of hydrogen-bond donors (Lipinski definition) is 2. The number of nitrogens with one attached hydrogen (secondary N) is 1. The van der Waals surface area contributed by atoms with Crippen molar-refractivity contribution in [1.82, 2.24) is 5.32 Å². The van der Waals surface area contributed by atoms with Crippen molar-refractivity contribution in [2.45, 2.75) is 13.3 Å². The van der Waals surface area contributed by atoms with Gasteiger partial charge < -0.3 is 20.7 Å². The number of non-ortho nitro benzene ring substituents is 1. The fourth-order valence-electron chi connectivity index (χ4n) is 2.76. The smallest absolute Gasteiger partial charge is 0.307 e. The topological polar surface area (TPSA) is 135 Å². The molecule has 0 atom stereocenters. The molecule has 0 aliphatic carbocycles. The first-order chi connectivity index (χ1) is 15.4. The van der Waals surface area contributed by atoms with E-state index in [-0.39, 0.29) is 16.7 Å². The van der Waals surface area contributed by atoms with Gasteiger partial charge in [-0.15, -0.1) is 5.11 Å². The van der Waals surface area contributed by atoms with Crippen molar-refractivity contribution < 1.29 is 14.5 Å². The molecular weight excluding hydrogens is 436 g/mol. The number of esters is 1. The monoisotopic (exact) mass is 462 g/mol. The quantitative estimate of drug-likeness (QED) is 0.151. The SMILES string of the molecule is CCN(CCOC(=O)CCNCCN)c1ccc(N=Nc2ccc([N+](=O)[O-])cc2Cl)cc1. The molecule has 0 aliphatic rings. The Kier molecular flexibility index (Phi) is 10.5. The number of carbonyl (C=O) groups is 1. The lowest BCUT2D eigenvalue weighted by Gasteiger charge is -2.23. The zero-order valence-electron chi connectivity index (χ0n) is 17.9. The summed E-state index contributed by atoms with van der Waals surface area (Å²) in [6.07, 6.45) is 0.310. The molecule has 0 radical (unpaired) electrons. The van der Waals surface area contributed by atoms with Crippen molar-refractivity contribution in [3.8, 4) is 0 Å². The number of nitro benzene ring substituents is 1. The number of ether oxygens (including phenoxy) is 1. The molecular formula is C21H27ClN6O4. The number of nitrogens with zero attached hydrogens (tertiary/aromatic N) is 4. The lowest BCUT2D eigenvalue weighted by atomic mass is 10.2. The number of likely N-dealkylation sites (N-methyl/N-ethyl adjacent to an activating group) is 1. The van der Waals surface area contributed by atoms with Crippen molar-refractivity contribution in [2.24, 2.45) is 16.0 Å². The predicted molar refractivity (Wildman–Crippen MR) is 124 cm³/mol. The Morgan fingerprint density at radius 1 is 1.22 bits per heavy atom. The molecule has 0 saturated heterocycles. The summed E-state index contributed by atoms with van der Waals surface area (Å²) < 4.78 is 5.28. The van der Waals surface area contributed by atoms with Crippen LogP contribution in [-0.4, -0.2) is 50.2 Å². The third-order valence-electron chi connectivity index (χ3n) is 4.46. The van der Waals surface area contributed by atoms with Gasteiger partial charge in [0.2, 0.25) is 0 Å². The fourth-order valence-corrected chi connectivity index (χ4v) is 2.97. The van der Waals surface area contributed by atoms with Gasteiger partial charge >= 0.3 is 5.97 Å². The summed E-state index contributed by atoms with van der Waals surface area (Å²) in [7, 11) is 0. The van der Waals surface area contributed by atoms with Gasteiger partial charge in [-0.05, 0) is 37.3 Å². The molecule has 0 unspecified atom stereocenters. The second kappa shape index (κ2) is 13.4. The van der Waals surface area contributed by atoms with Crippen molar-refractivity contribution >= 4 is 40.3 Å². The summed E-state index contributed by atoms with van der Waals surface area (Å²) in [4.78, 5) is 24.1. The van der Waals surface area contributed by atoms with Crippen LogP contribution < -0.4 is 16.0 Å². The van der Waals surface area contributed by atoms with E-state index >= 15 is 0 Å². The maximum atomic E-state index is 11.7. The van der Waals surface area contributed by atoms with Gasteiger partial charge in [-0.2, -0.15) is 5.11 Å². The van der Waals surface area contributed by atoms with E-state index in [2.05, 4.69) is 20.4 Å². The number of anilines is 1. The highest BCUT2D eigenvalue weighted by atomic mass is 35.5. The van der Waals surface area contributed by atoms with Gasteiger partial charge in [-0.1, -0.05) is 11.6 Å².